The van der Waals surface area contributed by atoms with Gasteiger partial charge in [-0.05, 0) is 24.8 Å². The summed E-state index contributed by atoms with van der Waals surface area (Å²) in [4.78, 5) is 37.0. The van der Waals surface area contributed by atoms with Crippen LogP contribution in [0.25, 0.3) is 0 Å². The van der Waals surface area contributed by atoms with Gasteiger partial charge in [0.05, 0.1) is 0 Å². The van der Waals surface area contributed by atoms with E-state index in [1.807, 2.05) is 25.1 Å². The Morgan fingerprint density at radius 2 is 2.00 bits per heavy atom. The maximum Gasteiger partial charge on any atom is 0.344 e. The zero-order valence-electron chi connectivity index (χ0n) is 12.5. The summed E-state index contributed by atoms with van der Waals surface area (Å²) in [7, 11) is 0. The first-order chi connectivity index (χ1) is 10.6. The van der Waals surface area contributed by atoms with E-state index in [0.717, 1.165) is 29.8 Å². The van der Waals surface area contributed by atoms with Crippen molar-refractivity contribution in [3.63, 3.8) is 0 Å². The molecule has 1 saturated carbocycles. The lowest BCUT2D eigenvalue weighted by molar-refractivity contribution is -0.142. The highest BCUT2D eigenvalue weighted by atomic mass is 16.2. The molecule has 0 aromatic heterocycles. The van der Waals surface area contributed by atoms with E-state index in [1.165, 1.54) is 0 Å². The van der Waals surface area contributed by atoms with Gasteiger partial charge in [-0.3, -0.25) is 15.0 Å². The van der Waals surface area contributed by atoms with Gasteiger partial charge in [0, 0.05) is 5.92 Å². The molecular formula is C16H19N3O3. The maximum absolute atomic E-state index is 12.8. The summed E-state index contributed by atoms with van der Waals surface area (Å²) in [6, 6.07) is 8.52. The number of urea groups is 1. The van der Waals surface area contributed by atoms with Crippen LogP contribution in [0.3, 0.4) is 0 Å². The Balaban J connectivity index is 1.84. The fourth-order valence-corrected chi connectivity index (χ4v) is 2.91. The van der Waals surface area contributed by atoms with E-state index in [9.17, 15) is 14.4 Å². The van der Waals surface area contributed by atoms with Gasteiger partial charge in [-0.1, -0.05) is 43.7 Å². The second-order valence-corrected chi connectivity index (χ2v) is 5.80. The third-order valence-electron chi connectivity index (χ3n) is 4.59. The van der Waals surface area contributed by atoms with Crippen molar-refractivity contribution in [3.8, 4) is 0 Å². The lowest BCUT2D eigenvalue weighted by Gasteiger charge is -2.27. The van der Waals surface area contributed by atoms with Crippen LogP contribution in [0.5, 0.6) is 0 Å². The lowest BCUT2D eigenvalue weighted by atomic mass is 9.85. The van der Waals surface area contributed by atoms with Crippen LogP contribution in [0.15, 0.2) is 30.3 Å². The van der Waals surface area contributed by atoms with Crippen LogP contribution < -0.4 is 10.7 Å². The number of hydrogen-bond donors (Lipinski definition) is 2. The minimum atomic E-state index is -1.11. The second kappa shape index (κ2) is 5.44. The molecule has 0 bridgehead atoms. The molecule has 6 nitrogen and oxygen atoms in total. The van der Waals surface area contributed by atoms with Crippen molar-refractivity contribution in [2.45, 2.75) is 38.1 Å². The van der Waals surface area contributed by atoms with Gasteiger partial charge in [0.15, 0.2) is 0 Å². The molecule has 2 N–H and O–H groups in total. The number of carbonyl (C=O) groups excluding carboxylic acids is 3. The van der Waals surface area contributed by atoms with Gasteiger partial charge in [-0.2, -0.15) is 5.01 Å². The molecule has 116 valence electrons. The number of nitrogens with zero attached hydrogens (tertiary/aromatic N) is 1. The lowest BCUT2D eigenvalue weighted by Crippen LogP contribution is -2.51. The number of rotatable bonds is 4. The van der Waals surface area contributed by atoms with Crippen LogP contribution in [0.1, 0.15) is 38.2 Å². The molecule has 6 heteroatoms. The molecule has 1 saturated heterocycles. The highest BCUT2D eigenvalue weighted by Gasteiger charge is 2.52. The van der Waals surface area contributed by atoms with E-state index in [-0.39, 0.29) is 11.8 Å². The third-order valence-corrected chi connectivity index (χ3v) is 4.59. The van der Waals surface area contributed by atoms with Gasteiger partial charge >= 0.3 is 6.03 Å². The van der Waals surface area contributed by atoms with Crippen molar-refractivity contribution in [1.29, 1.82) is 0 Å². The molecule has 2 fully saturated rings. The van der Waals surface area contributed by atoms with E-state index < -0.39 is 17.5 Å². The van der Waals surface area contributed by atoms with Crippen molar-refractivity contribution in [2.24, 2.45) is 5.92 Å². The summed E-state index contributed by atoms with van der Waals surface area (Å²) in [5, 5.41) is 3.57. The van der Waals surface area contributed by atoms with Gasteiger partial charge in [-0.25, -0.2) is 4.79 Å². The standard InChI is InChI=1S/C16H19N3O3/c1-2-16(12-9-4-3-5-10-12)14(21)19(15(22)17-16)18-13(20)11-7-6-8-11/h3-5,9-11H,2,6-8H2,1H3,(H,17,22)(H,18,20)/t16-/m1/s1. The molecule has 22 heavy (non-hydrogen) atoms. The average molecular weight is 301 g/mol. The zero-order valence-corrected chi connectivity index (χ0v) is 12.5. The molecule has 3 rings (SSSR count). The number of nitrogens with one attached hydrogen (secondary N) is 2. The molecule has 1 atom stereocenters. The number of benzene rings is 1. The fourth-order valence-electron chi connectivity index (χ4n) is 2.91. The quantitative estimate of drug-likeness (QED) is 0.830. The monoisotopic (exact) mass is 301 g/mol. The summed E-state index contributed by atoms with van der Waals surface area (Å²) >= 11 is 0. The van der Waals surface area contributed by atoms with Gasteiger partial charge < -0.3 is 5.32 Å². The molecular weight excluding hydrogens is 282 g/mol. The van der Waals surface area contributed by atoms with Crippen LogP contribution in [0.2, 0.25) is 0 Å². The smallest absolute Gasteiger partial charge is 0.318 e. The molecule has 0 radical (unpaired) electrons. The first-order valence-electron chi connectivity index (χ1n) is 7.61. The van der Waals surface area contributed by atoms with Crippen LogP contribution in [-0.4, -0.2) is 22.9 Å². The van der Waals surface area contributed by atoms with Gasteiger partial charge in [-0.15, -0.1) is 0 Å². The van der Waals surface area contributed by atoms with E-state index in [1.54, 1.807) is 12.1 Å². The van der Waals surface area contributed by atoms with Crippen molar-refractivity contribution in [2.75, 3.05) is 0 Å². The van der Waals surface area contributed by atoms with E-state index in [4.69, 9.17) is 0 Å². The average Bonchev–Trinajstić information content (AvgIpc) is 2.71. The Hall–Kier alpha value is -2.37. The predicted octanol–water partition coefficient (Wildman–Crippen LogP) is 1.68. The molecule has 0 unspecified atom stereocenters. The Morgan fingerprint density at radius 3 is 2.55 bits per heavy atom. The van der Waals surface area contributed by atoms with Gasteiger partial charge in [0.2, 0.25) is 5.91 Å². The first-order valence-corrected chi connectivity index (χ1v) is 7.61. The number of amides is 4. The molecule has 1 aliphatic carbocycles. The van der Waals surface area contributed by atoms with Gasteiger partial charge in [0.1, 0.15) is 5.54 Å². The Kier molecular flexibility index (Phi) is 3.60. The number of imide groups is 1. The van der Waals surface area contributed by atoms with Crippen molar-refractivity contribution < 1.29 is 14.4 Å². The Morgan fingerprint density at radius 1 is 1.32 bits per heavy atom. The largest absolute Gasteiger partial charge is 0.344 e. The maximum atomic E-state index is 12.8. The first kappa shape index (κ1) is 14.6. The predicted molar refractivity (Wildman–Crippen MR) is 79.3 cm³/mol. The van der Waals surface area contributed by atoms with E-state index in [2.05, 4.69) is 10.7 Å². The molecule has 1 aromatic carbocycles. The molecule has 4 amide bonds. The van der Waals surface area contributed by atoms with E-state index >= 15 is 0 Å². The number of hydrazine groups is 1. The molecule has 1 heterocycles. The van der Waals surface area contributed by atoms with Crippen molar-refractivity contribution >= 4 is 17.8 Å². The summed E-state index contributed by atoms with van der Waals surface area (Å²) in [5.41, 5.74) is 2.08. The van der Waals surface area contributed by atoms with Crippen LogP contribution in [0.4, 0.5) is 4.79 Å². The summed E-state index contributed by atoms with van der Waals surface area (Å²) in [6.45, 7) is 1.84. The summed E-state index contributed by atoms with van der Waals surface area (Å²) < 4.78 is 0. The van der Waals surface area contributed by atoms with Gasteiger partial charge in [0.25, 0.3) is 5.91 Å². The normalized spacial score (nSPS) is 24.9. The topological polar surface area (TPSA) is 78.5 Å². The number of hydrogen-bond acceptors (Lipinski definition) is 3. The highest BCUT2D eigenvalue weighted by Crippen LogP contribution is 2.32. The number of carbonyl (C=O) groups is 3. The Labute approximate surface area is 128 Å². The minimum absolute atomic E-state index is 0.0889. The highest BCUT2D eigenvalue weighted by molar-refractivity contribution is 6.08. The third kappa shape index (κ3) is 2.15. The van der Waals surface area contributed by atoms with Crippen LogP contribution in [-0.2, 0) is 15.1 Å². The summed E-state index contributed by atoms with van der Waals surface area (Å²) in [6.07, 6.45) is 3.05. The van der Waals surface area contributed by atoms with Crippen molar-refractivity contribution in [3.05, 3.63) is 35.9 Å². The fraction of sp³-hybridized carbons (Fsp3) is 0.438. The molecule has 1 aliphatic heterocycles. The minimum Gasteiger partial charge on any atom is -0.318 e. The summed E-state index contributed by atoms with van der Waals surface area (Å²) in [5.74, 6) is -0.775. The molecule has 0 spiro atoms. The zero-order chi connectivity index (χ0) is 15.7. The van der Waals surface area contributed by atoms with Crippen LogP contribution in [0, 0.1) is 5.92 Å². The Bertz CT molecular complexity index is 612. The van der Waals surface area contributed by atoms with Crippen LogP contribution >= 0.6 is 0 Å². The SMILES string of the molecule is CC[C@]1(c2ccccc2)NC(=O)N(NC(=O)C2CCC2)C1=O. The van der Waals surface area contributed by atoms with Crippen molar-refractivity contribution in [1.82, 2.24) is 15.8 Å². The van der Waals surface area contributed by atoms with E-state index in [0.29, 0.717) is 6.42 Å². The second-order valence-electron chi connectivity index (χ2n) is 5.80. The molecule has 2 aliphatic rings. The molecule has 1 aromatic rings.